The minimum atomic E-state index is -1.50. The minimum Gasteiger partial charge on any atom is -0.388 e. The fraction of sp³-hybridized carbons (Fsp3) is 0.455. The zero-order chi connectivity index (χ0) is 11.6. The Bertz CT molecular complexity index is 327. The molecule has 0 aliphatic rings. The maximum Gasteiger partial charge on any atom is 0.194 e. The van der Waals surface area contributed by atoms with E-state index in [1.807, 2.05) is 13.8 Å². The molecule has 1 N–H and O–H groups in total. The van der Waals surface area contributed by atoms with Crippen molar-refractivity contribution in [3.63, 3.8) is 0 Å². The van der Waals surface area contributed by atoms with Crippen LogP contribution in [-0.4, -0.2) is 5.11 Å². The highest BCUT2D eigenvalue weighted by molar-refractivity contribution is 5.21. The molecule has 1 unspecified atom stereocenters. The molecular weight excluding hydrogens is 205 g/mol. The molecule has 4 heteroatoms. The summed E-state index contributed by atoms with van der Waals surface area (Å²) in [5.74, 6) is -3.85. The van der Waals surface area contributed by atoms with Gasteiger partial charge in [-0.1, -0.05) is 13.8 Å². The molecule has 0 aliphatic heterocycles. The van der Waals surface area contributed by atoms with E-state index in [0.29, 0.717) is 6.42 Å². The van der Waals surface area contributed by atoms with Gasteiger partial charge in [0.2, 0.25) is 0 Å². The highest BCUT2D eigenvalue weighted by atomic mass is 19.2. The first-order valence-corrected chi connectivity index (χ1v) is 4.74. The molecule has 0 spiro atoms. The predicted octanol–water partition coefficient (Wildman–Crippen LogP) is 3.18. The Kier molecular flexibility index (Phi) is 3.74. The summed E-state index contributed by atoms with van der Waals surface area (Å²) in [5, 5.41) is 9.57. The zero-order valence-corrected chi connectivity index (χ0v) is 8.60. The molecule has 1 aromatic rings. The van der Waals surface area contributed by atoms with E-state index in [1.54, 1.807) is 0 Å². The topological polar surface area (TPSA) is 20.2 Å². The Balaban J connectivity index is 2.95. The van der Waals surface area contributed by atoms with Gasteiger partial charge in [-0.25, -0.2) is 13.2 Å². The van der Waals surface area contributed by atoms with E-state index in [4.69, 9.17) is 0 Å². The van der Waals surface area contributed by atoms with Gasteiger partial charge >= 0.3 is 0 Å². The van der Waals surface area contributed by atoms with Gasteiger partial charge in [-0.3, -0.25) is 0 Å². The average molecular weight is 218 g/mol. The Morgan fingerprint density at radius 3 is 2.00 bits per heavy atom. The highest BCUT2D eigenvalue weighted by Crippen LogP contribution is 2.24. The maximum atomic E-state index is 12.8. The first-order valence-electron chi connectivity index (χ1n) is 4.74. The Morgan fingerprint density at radius 2 is 1.60 bits per heavy atom. The Morgan fingerprint density at radius 1 is 1.13 bits per heavy atom. The first kappa shape index (κ1) is 12.0. The number of hydrogen-bond donors (Lipinski definition) is 1. The van der Waals surface area contributed by atoms with E-state index in [2.05, 4.69) is 0 Å². The Hall–Kier alpha value is -1.03. The van der Waals surface area contributed by atoms with Crippen molar-refractivity contribution in [3.05, 3.63) is 35.1 Å². The first-order chi connectivity index (χ1) is 6.91. The third-order valence-electron chi connectivity index (χ3n) is 2.09. The summed E-state index contributed by atoms with van der Waals surface area (Å²) in [6.07, 6.45) is -0.584. The van der Waals surface area contributed by atoms with Crippen LogP contribution in [0.25, 0.3) is 0 Å². The van der Waals surface area contributed by atoms with Gasteiger partial charge in [0, 0.05) is 0 Å². The summed E-state index contributed by atoms with van der Waals surface area (Å²) in [6, 6.07) is 1.65. The van der Waals surface area contributed by atoms with Crippen LogP contribution >= 0.6 is 0 Å². The zero-order valence-electron chi connectivity index (χ0n) is 8.60. The lowest BCUT2D eigenvalue weighted by atomic mass is 9.99. The second-order valence-corrected chi connectivity index (χ2v) is 3.94. The van der Waals surface area contributed by atoms with Gasteiger partial charge in [-0.2, -0.15) is 0 Å². The van der Waals surface area contributed by atoms with Crippen LogP contribution < -0.4 is 0 Å². The van der Waals surface area contributed by atoms with Crippen LogP contribution in [0.3, 0.4) is 0 Å². The van der Waals surface area contributed by atoms with E-state index in [0.717, 1.165) is 12.1 Å². The lowest BCUT2D eigenvalue weighted by Gasteiger charge is -2.13. The largest absolute Gasteiger partial charge is 0.388 e. The van der Waals surface area contributed by atoms with Crippen molar-refractivity contribution in [3.8, 4) is 0 Å². The molecule has 15 heavy (non-hydrogen) atoms. The molecule has 0 radical (unpaired) electrons. The van der Waals surface area contributed by atoms with Crippen LogP contribution in [0.5, 0.6) is 0 Å². The smallest absolute Gasteiger partial charge is 0.194 e. The van der Waals surface area contributed by atoms with Gasteiger partial charge in [-0.05, 0) is 30.0 Å². The van der Waals surface area contributed by atoms with E-state index >= 15 is 0 Å². The predicted molar refractivity (Wildman–Crippen MR) is 50.7 cm³/mol. The normalized spacial score (nSPS) is 13.3. The SMILES string of the molecule is CC(C)CC(O)c1cc(F)c(F)c(F)c1. The molecule has 0 aromatic heterocycles. The number of aliphatic hydroxyl groups is 1. The quantitative estimate of drug-likeness (QED) is 0.772. The molecule has 0 fully saturated rings. The van der Waals surface area contributed by atoms with Crippen LogP contribution in [0.1, 0.15) is 31.9 Å². The molecule has 0 amide bonds. The van der Waals surface area contributed by atoms with Crippen LogP contribution in [0.4, 0.5) is 13.2 Å². The Labute approximate surface area is 86.5 Å². The van der Waals surface area contributed by atoms with Gasteiger partial charge in [0.15, 0.2) is 17.5 Å². The summed E-state index contributed by atoms with van der Waals surface area (Å²) in [4.78, 5) is 0. The number of halogens is 3. The van der Waals surface area contributed by atoms with E-state index in [9.17, 15) is 18.3 Å². The van der Waals surface area contributed by atoms with Gasteiger partial charge in [0.25, 0.3) is 0 Å². The summed E-state index contributed by atoms with van der Waals surface area (Å²) >= 11 is 0. The van der Waals surface area contributed by atoms with Crippen molar-refractivity contribution >= 4 is 0 Å². The van der Waals surface area contributed by atoms with Crippen molar-refractivity contribution in [1.29, 1.82) is 0 Å². The molecule has 1 atom stereocenters. The molecule has 0 heterocycles. The van der Waals surface area contributed by atoms with Crippen LogP contribution in [0, 0.1) is 23.4 Å². The van der Waals surface area contributed by atoms with E-state index in [1.165, 1.54) is 0 Å². The molecule has 1 rings (SSSR count). The lowest BCUT2D eigenvalue weighted by Crippen LogP contribution is -2.04. The minimum absolute atomic E-state index is 0.0695. The van der Waals surface area contributed by atoms with Crippen molar-refractivity contribution in [2.75, 3.05) is 0 Å². The monoisotopic (exact) mass is 218 g/mol. The molecule has 0 aliphatic carbocycles. The third-order valence-corrected chi connectivity index (χ3v) is 2.09. The fourth-order valence-electron chi connectivity index (χ4n) is 1.35. The van der Waals surface area contributed by atoms with Gasteiger partial charge < -0.3 is 5.11 Å². The summed E-state index contributed by atoms with van der Waals surface area (Å²) in [5.41, 5.74) is 0.0695. The summed E-state index contributed by atoms with van der Waals surface area (Å²) in [6.45, 7) is 3.75. The standard InChI is InChI=1S/C11H13F3O/c1-6(2)3-10(15)7-4-8(12)11(14)9(13)5-7/h4-6,10,15H,3H2,1-2H3. The van der Waals surface area contributed by atoms with E-state index < -0.39 is 23.6 Å². The second kappa shape index (κ2) is 4.66. The molecule has 0 bridgehead atoms. The van der Waals surface area contributed by atoms with Gasteiger partial charge in [-0.15, -0.1) is 0 Å². The van der Waals surface area contributed by atoms with Gasteiger partial charge in [0.1, 0.15) is 0 Å². The number of hydrogen-bond acceptors (Lipinski definition) is 1. The maximum absolute atomic E-state index is 12.8. The summed E-state index contributed by atoms with van der Waals surface area (Å²) in [7, 11) is 0. The molecule has 84 valence electrons. The van der Waals surface area contributed by atoms with Crippen molar-refractivity contribution in [1.82, 2.24) is 0 Å². The number of benzene rings is 1. The van der Waals surface area contributed by atoms with Crippen molar-refractivity contribution < 1.29 is 18.3 Å². The fourth-order valence-corrected chi connectivity index (χ4v) is 1.35. The highest BCUT2D eigenvalue weighted by Gasteiger charge is 2.16. The molecule has 0 saturated heterocycles. The molecule has 1 nitrogen and oxygen atoms in total. The second-order valence-electron chi connectivity index (χ2n) is 3.94. The van der Waals surface area contributed by atoms with E-state index in [-0.39, 0.29) is 11.5 Å². The van der Waals surface area contributed by atoms with Crippen LogP contribution in [-0.2, 0) is 0 Å². The number of rotatable bonds is 3. The number of aliphatic hydroxyl groups excluding tert-OH is 1. The van der Waals surface area contributed by atoms with Crippen LogP contribution in [0.15, 0.2) is 12.1 Å². The van der Waals surface area contributed by atoms with Crippen molar-refractivity contribution in [2.45, 2.75) is 26.4 Å². The van der Waals surface area contributed by atoms with Crippen LogP contribution in [0.2, 0.25) is 0 Å². The van der Waals surface area contributed by atoms with Gasteiger partial charge in [0.05, 0.1) is 6.10 Å². The molecule has 0 saturated carbocycles. The third kappa shape index (κ3) is 2.96. The average Bonchev–Trinajstić information content (AvgIpc) is 2.12. The van der Waals surface area contributed by atoms with Crippen molar-refractivity contribution in [2.24, 2.45) is 5.92 Å². The lowest BCUT2D eigenvalue weighted by molar-refractivity contribution is 0.150. The summed E-state index contributed by atoms with van der Waals surface area (Å²) < 4.78 is 38.2. The molecular formula is C11H13F3O. The molecule has 1 aromatic carbocycles.